The van der Waals surface area contributed by atoms with E-state index in [-0.39, 0.29) is 22.6 Å². The van der Waals surface area contributed by atoms with Gasteiger partial charge in [-0.25, -0.2) is 18.8 Å². The molecule has 2 atom stereocenters. The Balaban J connectivity index is 2.69. The number of aryl methyl sites for hydroxylation is 1. The first-order chi connectivity index (χ1) is 7.80. The van der Waals surface area contributed by atoms with Crippen molar-refractivity contribution in [1.29, 1.82) is 4.78 Å². The molecule has 0 bridgehead atoms. The Morgan fingerprint density at radius 1 is 1.71 bits per heavy atom. The second-order valence-corrected chi connectivity index (χ2v) is 5.50. The lowest BCUT2D eigenvalue weighted by atomic mass is 10.2. The zero-order valence-corrected chi connectivity index (χ0v) is 9.99. The highest BCUT2D eigenvalue weighted by Crippen LogP contribution is 2.31. The summed E-state index contributed by atoms with van der Waals surface area (Å²) in [5, 5.41) is 9.15. The molecule has 94 valence electrons. The molecule has 2 heterocycles. The van der Waals surface area contributed by atoms with Gasteiger partial charge in [0.2, 0.25) is 5.88 Å². The maximum Gasteiger partial charge on any atom is 0.270 e. The van der Waals surface area contributed by atoms with Crippen molar-refractivity contribution in [2.75, 3.05) is 0 Å². The summed E-state index contributed by atoms with van der Waals surface area (Å²) in [6.45, 7) is 2.33. The predicted octanol–water partition coefficient (Wildman–Crippen LogP) is -0.568. The van der Waals surface area contributed by atoms with Gasteiger partial charge in [0, 0.05) is 13.0 Å². The van der Waals surface area contributed by atoms with Crippen LogP contribution in [0.4, 0.5) is 0 Å². The van der Waals surface area contributed by atoms with Crippen molar-refractivity contribution in [2.24, 2.45) is 10.9 Å². The molecule has 0 spiro atoms. The molecule has 0 saturated carbocycles. The van der Waals surface area contributed by atoms with E-state index in [1.807, 2.05) is 6.92 Å². The molecule has 1 aromatic rings. The van der Waals surface area contributed by atoms with E-state index < -0.39 is 15.8 Å². The predicted molar refractivity (Wildman–Crippen MR) is 58.8 cm³/mol. The van der Waals surface area contributed by atoms with Crippen molar-refractivity contribution in [3.05, 3.63) is 5.69 Å². The van der Waals surface area contributed by atoms with Crippen LogP contribution >= 0.6 is 0 Å². The van der Waals surface area contributed by atoms with E-state index in [0.29, 0.717) is 13.0 Å². The summed E-state index contributed by atoms with van der Waals surface area (Å²) in [5.74, 6) is -0.761. The largest absolute Gasteiger partial charge is 0.474 e. The van der Waals surface area contributed by atoms with Gasteiger partial charge in [-0.2, -0.15) is 5.10 Å². The van der Waals surface area contributed by atoms with Crippen molar-refractivity contribution in [3.8, 4) is 5.88 Å². The van der Waals surface area contributed by atoms with Gasteiger partial charge in [0.15, 0.2) is 10.6 Å². The van der Waals surface area contributed by atoms with Crippen molar-refractivity contribution < 1.29 is 13.7 Å². The number of hydrogen-bond acceptors (Lipinski definition) is 5. The van der Waals surface area contributed by atoms with Crippen LogP contribution in [0.5, 0.6) is 5.88 Å². The van der Waals surface area contributed by atoms with E-state index in [1.165, 1.54) is 4.68 Å². The van der Waals surface area contributed by atoms with E-state index in [1.54, 1.807) is 0 Å². The van der Waals surface area contributed by atoms with Crippen molar-refractivity contribution in [3.63, 3.8) is 0 Å². The van der Waals surface area contributed by atoms with E-state index >= 15 is 0 Å². The monoisotopic (exact) mass is 259 g/mol. The third-order valence-corrected chi connectivity index (χ3v) is 3.44. The standard InChI is InChI=1S/C8H13N5O3S/c1-4-2-3-13-8(16-4)6(17(10,11)15)5(12-13)7(9)14/h4H,2-3H2,1H3,(H2,9,14)(H3,10,11,15). The number of nitrogens with one attached hydrogen (secondary N) is 1. The number of primary amides is 1. The van der Waals surface area contributed by atoms with Crippen LogP contribution in [0.1, 0.15) is 23.8 Å². The average molecular weight is 259 g/mol. The first kappa shape index (κ1) is 11.9. The van der Waals surface area contributed by atoms with Crippen LogP contribution in [0.25, 0.3) is 0 Å². The molecule has 1 aromatic heterocycles. The Kier molecular flexibility index (Phi) is 2.59. The van der Waals surface area contributed by atoms with Crippen LogP contribution in [0, 0.1) is 4.78 Å². The second kappa shape index (κ2) is 3.70. The number of rotatable bonds is 2. The van der Waals surface area contributed by atoms with Gasteiger partial charge < -0.3 is 10.5 Å². The molecular formula is C8H13N5O3S. The normalized spacial score (nSPS) is 22.4. The Labute approximate surface area is 98.0 Å². The molecule has 1 aliphatic heterocycles. The molecule has 1 amide bonds. The van der Waals surface area contributed by atoms with Gasteiger partial charge in [-0.3, -0.25) is 4.79 Å². The molecule has 0 fully saturated rings. The molecule has 17 heavy (non-hydrogen) atoms. The van der Waals surface area contributed by atoms with Crippen LogP contribution in [0.2, 0.25) is 0 Å². The molecule has 0 saturated heterocycles. The number of carbonyl (C=O) groups excluding carboxylic acids is 1. The summed E-state index contributed by atoms with van der Waals surface area (Å²) in [7, 11) is -3.61. The number of hydrogen-bond donors (Lipinski definition) is 3. The molecule has 2 unspecified atom stereocenters. The van der Waals surface area contributed by atoms with Crippen molar-refractivity contribution >= 4 is 15.8 Å². The minimum atomic E-state index is -3.61. The summed E-state index contributed by atoms with van der Waals surface area (Å²) in [5.41, 5.74) is 4.87. The zero-order valence-electron chi connectivity index (χ0n) is 9.17. The molecule has 1 aliphatic rings. The van der Waals surface area contributed by atoms with Gasteiger partial charge in [-0.05, 0) is 6.92 Å². The van der Waals surface area contributed by atoms with Crippen LogP contribution < -0.4 is 15.6 Å². The second-order valence-electron chi connectivity index (χ2n) is 3.89. The lowest BCUT2D eigenvalue weighted by Gasteiger charge is -2.22. The van der Waals surface area contributed by atoms with Gasteiger partial charge in [0.1, 0.15) is 9.92 Å². The summed E-state index contributed by atoms with van der Waals surface area (Å²) in [6.07, 6.45) is 0.594. The molecule has 0 aromatic carbocycles. The SMILES string of the molecule is CC1CCn2nc(C(N)=O)c(S(=N)(N)=O)c2O1. The smallest absolute Gasteiger partial charge is 0.270 e. The third kappa shape index (κ3) is 1.98. The van der Waals surface area contributed by atoms with E-state index in [4.69, 9.17) is 20.4 Å². The summed E-state index contributed by atoms with van der Waals surface area (Å²) in [4.78, 5) is 11.0. The molecule has 8 nitrogen and oxygen atoms in total. The van der Waals surface area contributed by atoms with Crippen LogP contribution in [0.3, 0.4) is 0 Å². The lowest BCUT2D eigenvalue weighted by molar-refractivity contribution is 0.0992. The van der Waals surface area contributed by atoms with Crippen molar-refractivity contribution in [1.82, 2.24) is 9.78 Å². The highest BCUT2D eigenvalue weighted by molar-refractivity contribution is 7.90. The van der Waals surface area contributed by atoms with Gasteiger partial charge in [0.25, 0.3) is 5.91 Å². The van der Waals surface area contributed by atoms with Gasteiger partial charge in [-0.1, -0.05) is 0 Å². The fourth-order valence-electron chi connectivity index (χ4n) is 1.68. The maximum absolute atomic E-state index is 11.7. The first-order valence-electron chi connectivity index (χ1n) is 4.94. The molecule has 0 aliphatic carbocycles. The van der Waals surface area contributed by atoms with Crippen LogP contribution in [0.15, 0.2) is 4.90 Å². The zero-order chi connectivity index (χ0) is 12.8. The molecule has 2 rings (SSSR count). The van der Waals surface area contributed by atoms with E-state index in [2.05, 4.69) is 5.10 Å². The topological polar surface area (TPSA) is 137 Å². The Hall–Kier alpha value is -1.61. The molecule has 9 heteroatoms. The molecule has 5 N–H and O–H groups in total. The summed E-state index contributed by atoms with van der Waals surface area (Å²) >= 11 is 0. The quantitative estimate of drug-likeness (QED) is 0.654. The van der Waals surface area contributed by atoms with Crippen LogP contribution in [-0.2, 0) is 16.5 Å². The van der Waals surface area contributed by atoms with Gasteiger partial charge in [-0.15, -0.1) is 0 Å². The lowest BCUT2D eigenvalue weighted by Crippen LogP contribution is -2.24. The molecular weight excluding hydrogens is 246 g/mol. The third-order valence-electron chi connectivity index (χ3n) is 2.46. The van der Waals surface area contributed by atoms with Crippen molar-refractivity contribution in [2.45, 2.75) is 30.9 Å². The average Bonchev–Trinajstić information content (AvgIpc) is 2.55. The fourth-order valence-corrected chi connectivity index (χ4v) is 2.53. The van der Waals surface area contributed by atoms with E-state index in [9.17, 15) is 9.00 Å². The number of carbonyl (C=O) groups is 1. The first-order valence-corrected chi connectivity index (χ1v) is 6.56. The number of nitrogens with two attached hydrogens (primary N) is 2. The van der Waals surface area contributed by atoms with Gasteiger partial charge >= 0.3 is 0 Å². The molecule has 0 radical (unpaired) electrons. The fraction of sp³-hybridized carbons (Fsp3) is 0.500. The number of ether oxygens (including phenoxy) is 1. The highest BCUT2D eigenvalue weighted by atomic mass is 32.2. The maximum atomic E-state index is 11.7. The van der Waals surface area contributed by atoms with E-state index in [0.717, 1.165) is 0 Å². The Morgan fingerprint density at radius 2 is 2.35 bits per heavy atom. The number of fused-ring (bicyclic) bond motifs is 1. The minimum absolute atomic E-state index is 0.111. The summed E-state index contributed by atoms with van der Waals surface area (Å²) in [6, 6.07) is 0. The highest BCUT2D eigenvalue weighted by Gasteiger charge is 2.31. The number of aromatic nitrogens is 2. The number of nitrogens with zero attached hydrogens (tertiary/aromatic N) is 2. The van der Waals surface area contributed by atoms with Crippen LogP contribution in [-0.4, -0.2) is 26.0 Å². The summed E-state index contributed by atoms with van der Waals surface area (Å²) < 4.78 is 25.9. The number of amides is 1. The Morgan fingerprint density at radius 3 is 2.88 bits per heavy atom. The minimum Gasteiger partial charge on any atom is -0.474 e. The van der Waals surface area contributed by atoms with Gasteiger partial charge in [0.05, 0.1) is 6.10 Å². The Bertz CT molecular complexity index is 576.